The maximum absolute atomic E-state index is 13.4. The van der Waals surface area contributed by atoms with Gasteiger partial charge in [-0.15, -0.1) is 0 Å². The third-order valence-corrected chi connectivity index (χ3v) is 6.06. The van der Waals surface area contributed by atoms with Gasteiger partial charge in [-0.2, -0.15) is 0 Å². The minimum Gasteiger partial charge on any atom is -0.481 e. The molecule has 1 heterocycles. The standard InChI is InChI=1S/C25H36N4O7/c1-15(2)13-19(25(35)36)28-23(33)20-9-6-12-29(20)24(34)18(10-11-21(30)31)27-22(32)17(26)14-16-7-4-3-5-8-16/h3-5,7-8,15,17-20H,6,9-14,26H2,1-2H3,(H,27,32)(H,28,33)(H,30,31)(H,35,36). The Hall–Kier alpha value is -3.47. The molecule has 1 aliphatic rings. The average molecular weight is 505 g/mol. The highest BCUT2D eigenvalue weighted by atomic mass is 16.4. The molecule has 0 radical (unpaired) electrons. The Kier molecular flexibility index (Phi) is 10.8. The van der Waals surface area contributed by atoms with Gasteiger partial charge in [0.15, 0.2) is 0 Å². The van der Waals surface area contributed by atoms with Crippen LogP contribution in [0.5, 0.6) is 0 Å². The lowest BCUT2D eigenvalue weighted by molar-refractivity contribution is -0.145. The highest BCUT2D eigenvalue weighted by Crippen LogP contribution is 2.20. The summed E-state index contributed by atoms with van der Waals surface area (Å²) in [5.41, 5.74) is 6.87. The molecule has 4 atom stereocenters. The van der Waals surface area contributed by atoms with Crippen LogP contribution in [0.4, 0.5) is 0 Å². The Balaban J connectivity index is 2.12. The molecule has 0 aromatic heterocycles. The fourth-order valence-corrected chi connectivity index (χ4v) is 4.23. The van der Waals surface area contributed by atoms with Gasteiger partial charge in [0.05, 0.1) is 6.04 Å². The third-order valence-electron chi connectivity index (χ3n) is 6.06. The van der Waals surface area contributed by atoms with E-state index in [1.807, 2.05) is 44.2 Å². The normalized spacial score (nSPS) is 17.8. The van der Waals surface area contributed by atoms with Gasteiger partial charge in [0, 0.05) is 13.0 Å². The predicted molar refractivity (Wildman–Crippen MR) is 131 cm³/mol. The summed E-state index contributed by atoms with van der Waals surface area (Å²) in [5.74, 6) is -4.05. The maximum Gasteiger partial charge on any atom is 0.326 e. The molecule has 11 heteroatoms. The summed E-state index contributed by atoms with van der Waals surface area (Å²) in [7, 11) is 0. The molecule has 1 aliphatic heterocycles. The number of aliphatic carboxylic acids is 2. The number of hydrogen-bond donors (Lipinski definition) is 5. The third kappa shape index (κ3) is 8.63. The molecule has 1 aromatic rings. The minimum absolute atomic E-state index is 0.0309. The zero-order valence-electron chi connectivity index (χ0n) is 20.7. The number of benzene rings is 1. The smallest absolute Gasteiger partial charge is 0.326 e. The van der Waals surface area contributed by atoms with Crippen molar-refractivity contribution in [2.24, 2.45) is 11.7 Å². The van der Waals surface area contributed by atoms with Crippen molar-refractivity contribution < 1.29 is 34.2 Å². The SMILES string of the molecule is CC(C)CC(NC(=O)C1CCCN1C(=O)C(CCC(=O)O)NC(=O)C(N)Cc1ccccc1)C(=O)O. The van der Waals surface area contributed by atoms with E-state index in [-0.39, 0.29) is 38.1 Å². The number of nitrogens with one attached hydrogen (secondary N) is 2. The van der Waals surface area contributed by atoms with Crippen molar-refractivity contribution in [1.29, 1.82) is 0 Å². The Labute approximate surface area is 210 Å². The first-order chi connectivity index (χ1) is 17.0. The zero-order valence-corrected chi connectivity index (χ0v) is 20.7. The molecule has 36 heavy (non-hydrogen) atoms. The van der Waals surface area contributed by atoms with E-state index in [2.05, 4.69) is 10.6 Å². The second-order valence-electron chi connectivity index (χ2n) is 9.51. The first-order valence-electron chi connectivity index (χ1n) is 12.1. The van der Waals surface area contributed by atoms with Gasteiger partial charge in [0.25, 0.3) is 0 Å². The Morgan fingerprint density at radius 1 is 1.06 bits per heavy atom. The molecule has 2 rings (SSSR count). The second kappa shape index (κ2) is 13.6. The molecule has 0 saturated carbocycles. The molecule has 0 spiro atoms. The number of carbonyl (C=O) groups is 5. The van der Waals surface area contributed by atoms with Crippen LogP contribution in [0.15, 0.2) is 30.3 Å². The van der Waals surface area contributed by atoms with Gasteiger partial charge in [0.1, 0.15) is 18.1 Å². The molecule has 1 fully saturated rings. The van der Waals surface area contributed by atoms with Crippen molar-refractivity contribution in [3.05, 3.63) is 35.9 Å². The maximum atomic E-state index is 13.4. The number of carboxylic acids is 2. The molecule has 1 aromatic carbocycles. The van der Waals surface area contributed by atoms with Gasteiger partial charge in [-0.1, -0.05) is 44.2 Å². The van der Waals surface area contributed by atoms with Crippen molar-refractivity contribution in [2.45, 2.75) is 76.5 Å². The number of carboxylic acid groups (broad SMARTS) is 2. The molecular formula is C25H36N4O7. The topological polar surface area (TPSA) is 179 Å². The number of nitrogens with two attached hydrogens (primary N) is 1. The van der Waals surface area contributed by atoms with Gasteiger partial charge in [-0.05, 0) is 43.6 Å². The highest BCUT2D eigenvalue weighted by Gasteiger charge is 2.39. The molecule has 0 aliphatic carbocycles. The van der Waals surface area contributed by atoms with Crippen LogP contribution in [-0.4, -0.2) is 75.5 Å². The van der Waals surface area contributed by atoms with Crippen LogP contribution in [0, 0.1) is 5.92 Å². The van der Waals surface area contributed by atoms with Crippen LogP contribution in [0.3, 0.4) is 0 Å². The van der Waals surface area contributed by atoms with Crippen LogP contribution in [0.1, 0.15) is 51.5 Å². The number of hydrogen-bond acceptors (Lipinski definition) is 6. The summed E-state index contributed by atoms with van der Waals surface area (Å²) in [5, 5.41) is 23.7. The van der Waals surface area contributed by atoms with Gasteiger partial charge in [-0.3, -0.25) is 19.2 Å². The van der Waals surface area contributed by atoms with E-state index in [4.69, 9.17) is 10.8 Å². The summed E-state index contributed by atoms with van der Waals surface area (Å²) in [6, 6.07) is 4.95. The molecular weight excluding hydrogens is 468 g/mol. The molecule has 0 bridgehead atoms. The fourth-order valence-electron chi connectivity index (χ4n) is 4.23. The van der Waals surface area contributed by atoms with Crippen LogP contribution in [-0.2, 0) is 30.4 Å². The van der Waals surface area contributed by atoms with Gasteiger partial charge in [0.2, 0.25) is 17.7 Å². The number of likely N-dealkylation sites (tertiary alicyclic amines) is 1. The minimum atomic E-state index is -1.19. The second-order valence-corrected chi connectivity index (χ2v) is 9.51. The number of carbonyl (C=O) groups excluding carboxylic acids is 3. The summed E-state index contributed by atoms with van der Waals surface area (Å²) >= 11 is 0. The van der Waals surface area contributed by atoms with Crippen LogP contribution in [0.25, 0.3) is 0 Å². The largest absolute Gasteiger partial charge is 0.481 e. The van der Waals surface area contributed by atoms with Crippen molar-refractivity contribution in [3.8, 4) is 0 Å². The lowest BCUT2D eigenvalue weighted by Crippen LogP contribution is -2.57. The van der Waals surface area contributed by atoms with Crippen molar-refractivity contribution in [2.75, 3.05) is 6.54 Å². The average Bonchev–Trinajstić information content (AvgIpc) is 3.31. The molecule has 1 saturated heterocycles. The van der Waals surface area contributed by atoms with E-state index in [9.17, 15) is 29.1 Å². The Bertz CT molecular complexity index is 938. The lowest BCUT2D eigenvalue weighted by Gasteiger charge is -2.30. The Morgan fingerprint density at radius 2 is 1.72 bits per heavy atom. The van der Waals surface area contributed by atoms with E-state index >= 15 is 0 Å². The first kappa shape index (κ1) is 28.8. The Morgan fingerprint density at radius 3 is 2.31 bits per heavy atom. The quantitative estimate of drug-likeness (QED) is 0.258. The summed E-state index contributed by atoms with van der Waals surface area (Å²) in [6.07, 6.45) is 0.766. The number of rotatable bonds is 13. The van der Waals surface area contributed by atoms with Crippen molar-refractivity contribution in [1.82, 2.24) is 15.5 Å². The number of nitrogens with zero attached hydrogens (tertiary/aromatic N) is 1. The molecule has 6 N–H and O–H groups in total. The van der Waals surface area contributed by atoms with Gasteiger partial charge >= 0.3 is 11.9 Å². The molecule has 4 unspecified atom stereocenters. The molecule has 3 amide bonds. The number of amides is 3. The van der Waals surface area contributed by atoms with Crippen LogP contribution < -0.4 is 16.4 Å². The van der Waals surface area contributed by atoms with Crippen molar-refractivity contribution in [3.63, 3.8) is 0 Å². The fraction of sp³-hybridized carbons (Fsp3) is 0.560. The zero-order chi connectivity index (χ0) is 26.8. The van der Waals surface area contributed by atoms with Crippen LogP contribution in [0.2, 0.25) is 0 Å². The highest BCUT2D eigenvalue weighted by molar-refractivity contribution is 5.94. The first-order valence-corrected chi connectivity index (χ1v) is 12.1. The van der Waals surface area contributed by atoms with E-state index in [0.29, 0.717) is 12.8 Å². The van der Waals surface area contributed by atoms with E-state index < -0.39 is 53.8 Å². The summed E-state index contributed by atoms with van der Waals surface area (Å²) in [6.45, 7) is 3.91. The molecule has 11 nitrogen and oxygen atoms in total. The van der Waals surface area contributed by atoms with Crippen molar-refractivity contribution >= 4 is 29.7 Å². The molecule has 198 valence electrons. The summed E-state index contributed by atoms with van der Waals surface area (Å²) in [4.78, 5) is 63.1. The van der Waals surface area contributed by atoms with E-state index in [0.717, 1.165) is 5.56 Å². The summed E-state index contributed by atoms with van der Waals surface area (Å²) < 4.78 is 0. The van der Waals surface area contributed by atoms with Gasteiger partial charge in [-0.25, -0.2) is 4.79 Å². The van der Waals surface area contributed by atoms with Crippen LogP contribution >= 0.6 is 0 Å². The van der Waals surface area contributed by atoms with Gasteiger partial charge < -0.3 is 31.5 Å². The monoisotopic (exact) mass is 504 g/mol. The predicted octanol–water partition coefficient (Wildman–Crippen LogP) is 0.513. The lowest BCUT2D eigenvalue weighted by atomic mass is 10.0. The van der Waals surface area contributed by atoms with E-state index in [1.165, 1.54) is 4.90 Å². The van der Waals surface area contributed by atoms with E-state index in [1.54, 1.807) is 0 Å².